The van der Waals surface area contributed by atoms with E-state index in [0.717, 1.165) is 11.1 Å². The third-order valence-electron chi connectivity index (χ3n) is 9.13. The Labute approximate surface area is 291 Å². The Hall–Kier alpha value is -5.26. The highest BCUT2D eigenvalue weighted by molar-refractivity contribution is 6.01. The number of para-hydroxylation sites is 1. The summed E-state index contributed by atoms with van der Waals surface area (Å²) in [5.74, 6) is -2.60. The maximum absolute atomic E-state index is 13.9. The molecular formula is C38H44FN5O6. The van der Waals surface area contributed by atoms with Crippen molar-refractivity contribution in [2.75, 3.05) is 26.2 Å². The molecule has 2 heterocycles. The van der Waals surface area contributed by atoms with E-state index in [1.54, 1.807) is 36.4 Å². The molecule has 4 N–H and O–H groups in total. The molecule has 5 amide bonds. The molecule has 0 unspecified atom stereocenters. The van der Waals surface area contributed by atoms with Gasteiger partial charge >= 0.3 is 0 Å². The minimum absolute atomic E-state index is 0.136. The van der Waals surface area contributed by atoms with Crippen LogP contribution in [0.15, 0.2) is 78.9 Å². The molecule has 1 saturated heterocycles. The highest BCUT2D eigenvalue weighted by atomic mass is 19.1. The summed E-state index contributed by atoms with van der Waals surface area (Å²) in [7, 11) is 0. The standard InChI is InChI=1S/C38H44FN5O6/c1-38(2,26-15-17-27(39)18-16-26)24-41-36(48)30-23-33(45)44-20-8-13-31(44)37(49)43-29(22-25-10-4-3-5-11-25)35(47)40-19-9-21-50-32-14-7-6-12-28(32)34(46)42-30/h3-7,10-12,14-18,29-31H,8-9,13,19-24H2,1-2H3,(H,40,47)(H,41,48)(H,42,46)(H,43,49)/t29-,30-,31+/m0/s1. The quantitative estimate of drug-likeness (QED) is 0.314. The zero-order valence-corrected chi connectivity index (χ0v) is 28.4. The summed E-state index contributed by atoms with van der Waals surface area (Å²) in [6, 6.07) is 18.9. The molecule has 2 aliphatic heterocycles. The van der Waals surface area contributed by atoms with Crippen LogP contribution in [0.1, 0.15) is 61.0 Å². The summed E-state index contributed by atoms with van der Waals surface area (Å²) in [5.41, 5.74) is 1.23. The van der Waals surface area contributed by atoms with Crippen LogP contribution in [-0.2, 0) is 31.0 Å². The van der Waals surface area contributed by atoms with Gasteiger partial charge in [-0.3, -0.25) is 24.0 Å². The van der Waals surface area contributed by atoms with Crippen LogP contribution in [0, 0.1) is 5.82 Å². The zero-order valence-electron chi connectivity index (χ0n) is 28.4. The minimum Gasteiger partial charge on any atom is -0.493 e. The summed E-state index contributed by atoms with van der Waals surface area (Å²) in [6.45, 7) is 4.64. The van der Waals surface area contributed by atoms with Crippen molar-refractivity contribution in [3.8, 4) is 5.75 Å². The summed E-state index contributed by atoms with van der Waals surface area (Å²) in [4.78, 5) is 69.7. The predicted octanol–water partition coefficient (Wildman–Crippen LogP) is 3.03. The fraction of sp³-hybridized carbons (Fsp3) is 0.395. The van der Waals surface area contributed by atoms with Crippen LogP contribution < -0.4 is 26.0 Å². The fourth-order valence-electron chi connectivity index (χ4n) is 6.21. The third-order valence-corrected chi connectivity index (χ3v) is 9.13. The molecule has 3 aromatic carbocycles. The predicted molar refractivity (Wildman–Crippen MR) is 185 cm³/mol. The Bertz CT molecular complexity index is 1680. The SMILES string of the molecule is CC(C)(CNC(=O)[C@@H]1CC(=O)N2CCC[C@@H]2C(=O)N[C@@H](Cc2ccccc2)C(=O)NCCCOc2ccccc2C(=O)N1)c1ccc(F)cc1. The third kappa shape index (κ3) is 9.25. The molecule has 5 rings (SSSR count). The maximum Gasteiger partial charge on any atom is 0.255 e. The largest absolute Gasteiger partial charge is 0.493 e. The number of fused-ring (bicyclic) bond motifs is 2. The van der Waals surface area contributed by atoms with Crippen LogP contribution in [0.4, 0.5) is 4.39 Å². The normalized spacial score (nSPS) is 20.9. The summed E-state index contributed by atoms with van der Waals surface area (Å²) < 4.78 is 19.5. The zero-order chi connectivity index (χ0) is 35.7. The van der Waals surface area contributed by atoms with Gasteiger partial charge in [0.05, 0.1) is 18.6 Å². The van der Waals surface area contributed by atoms with E-state index in [9.17, 15) is 28.4 Å². The van der Waals surface area contributed by atoms with Gasteiger partial charge in [0.15, 0.2) is 0 Å². The number of halogens is 1. The number of rotatable bonds is 6. The summed E-state index contributed by atoms with van der Waals surface area (Å²) >= 11 is 0. The number of nitrogens with zero attached hydrogens (tertiary/aromatic N) is 1. The van der Waals surface area contributed by atoms with Crippen molar-refractivity contribution < 1.29 is 33.1 Å². The lowest BCUT2D eigenvalue weighted by atomic mass is 9.84. The molecule has 1 fully saturated rings. The molecule has 264 valence electrons. The van der Waals surface area contributed by atoms with Crippen LogP contribution in [0.2, 0.25) is 0 Å². The number of carbonyl (C=O) groups is 5. The topological polar surface area (TPSA) is 146 Å². The molecule has 0 spiro atoms. The summed E-state index contributed by atoms with van der Waals surface area (Å²) in [6.07, 6.45) is 1.21. The first-order valence-corrected chi connectivity index (χ1v) is 17.0. The van der Waals surface area contributed by atoms with Crippen LogP contribution in [-0.4, -0.2) is 78.8 Å². The second-order valence-electron chi connectivity index (χ2n) is 13.3. The fourth-order valence-corrected chi connectivity index (χ4v) is 6.21. The summed E-state index contributed by atoms with van der Waals surface area (Å²) in [5, 5.41) is 11.4. The first-order chi connectivity index (χ1) is 24.0. The van der Waals surface area contributed by atoms with E-state index in [1.807, 2.05) is 44.2 Å². The molecule has 2 aliphatic rings. The van der Waals surface area contributed by atoms with E-state index in [0.29, 0.717) is 19.3 Å². The van der Waals surface area contributed by atoms with Crippen LogP contribution in [0.5, 0.6) is 5.75 Å². The number of benzene rings is 3. The first-order valence-electron chi connectivity index (χ1n) is 17.0. The lowest BCUT2D eigenvalue weighted by molar-refractivity contribution is -0.140. The van der Waals surface area contributed by atoms with Gasteiger partial charge in [0.2, 0.25) is 23.6 Å². The van der Waals surface area contributed by atoms with E-state index in [4.69, 9.17) is 4.74 Å². The highest BCUT2D eigenvalue weighted by Gasteiger charge is 2.38. The van der Waals surface area contributed by atoms with Crippen molar-refractivity contribution in [1.82, 2.24) is 26.2 Å². The number of hydrogen-bond acceptors (Lipinski definition) is 6. The molecule has 50 heavy (non-hydrogen) atoms. The molecule has 3 aromatic rings. The van der Waals surface area contributed by atoms with Crippen LogP contribution in [0.25, 0.3) is 0 Å². The van der Waals surface area contributed by atoms with Crippen LogP contribution in [0.3, 0.4) is 0 Å². The molecule has 0 aliphatic carbocycles. The Kier molecular flexibility index (Phi) is 11.8. The molecular weight excluding hydrogens is 641 g/mol. The van der Waals surface area contributed by atoms with Crippen molar-refractivity contribution >= 4 is 29.5 Å². The van der Waals surface area contributed by atoms with Gasteiger partial charge in [-0.15, -0.1) is 0 Å². The lowest BCUT2D eigenvalue weighted by Crippen LogP contribution is -2.55. The minimum atomic E-state index is -1.29. The van der Waals surface area contributed by atoms with Crippen molar-refractivity contribution in [1.29, 1.82) is 0 Å². The molecule has 0 saturated carbocycles. The van der Waals surface area contributed by atoms with Gasteiger partial charge in [0, 0.05) is 31.5 Å². The van der Waals surface area contributed by atoms with Crippen molar-refractivity contribution in [2.24, 2.45) is 0 Å². The van der Waals surface area contributed by atoms with Gasteiger partial charge in [0.1, 0.15) is 29.7 Å². The average molecular weight is 686 g/mol. The van der Waals surface area contributed by atoms with E-state index >= 15 is 0 Å². The van der Waals surface area contributed by atoms with Gasteiger partial charge in [-0.25, -0.2) is 4.39 Å². The smallest absolute Gasteiger partial charge is 0.255 e. The Morgan fingerprint density at radius 2 is 1.64 bits per heavy atom. The van der Waals surface area contributed by atoms with E-state index in [2.05, 4.69) is 21.3 Å². The molecule has 0 aromatic heterocycles. The number of hydrogen-bond donors (Lipinski definition) is 4. The molecule has 3 atom stereocenters. The second-order valence-corrected chi connectivity index (χ2v) is 13.3. The van der Waals surface area contributed by atoms with Crippen molar-refractivity contribution in [2.45, 2.75) is 69.5 Å². The molecule has 11 nitrogen and oxygen atoms in total. The lowest BCUT2D eigenvalue weighted by Gasteiger charge is -2.29. The Balaban J connectivity index is 1.40. The van der Waals surface area contributed by atoms with E-state index < -0.39 is 53.6 Å². The monoisotopic (exact) mass is 685 g/mol. The average Bonchev–Trinajstić information content (AvgIpc) is 3.61. The van der Waals surface area contributed by atoms with Crippen molar-refractivity contribution in [3.63, 3.8) is 0 Å². The van der Waals surface area contributed by atoms with E-state index in [1.165, 1.54) is 17.0 Å². The second kappa shape index (κ2) is 16.4. The van der Waals surface area contributed by atoms with Gasteiger partial charge in [-0.2, -0.15) is 0 Å². The molecule has 12 heteroatoms. The van der Waals surface area contributed by atoms with Crippen molar-refractivity contribution in [3.05, 3.63) is 101 Å². The number of nitrogens with one attached hydrogen (secondary N) is 4. The van der Waals surface area contributed by atoms with Gasteiger partial charge in [0.25, 0.3) is 5.91 Å². The maximum atomic E-state index is 13.9. The molecule has 0 bridgehead atoms. The first kappa shape index (κ1) is 36.0. The van der Waals surface area contributed by atoms with E-state index in [-0.39, 0.29) is 55.7 Å². The highest BCUT2D eigenvalue weighted by Crippen LogP contribution is 2.24. The van der Waals surface area contributed by atoms with Gasteiger partial charge in [-0.05, 0) is 54.7 Å². The van der Waals surface area contributed by atoms with Crippen LogP contribution >= 0.6 is 0 Å². The Morgan fingerprint density at radius 3 is 2.40 bits per heavy atom. The van der Waals surface area contributed by atoms with Gasteiger partial charge in [-0.1, -0.05) is 68.4 Å². The number of ether oxygens (including phenoxy) is 1. The van der Waals surface area contributed by atoms with Gasteiger partial charge < -0.3 is 30.9 Å². The molecule has 0 radical (unpaired) electrons. The number of carbonyl (C=O) groups excluding carboxylic acids is 5. The Morgan fingerprint density at radius 1 is 0.920 bits per heavy atom. The number of amides is 5.